The predicted molar refractivity (Wildman–Crippen MR) is 61.0 cm³/mol. The van der Waals surface area contributed by atoms with Gasteiger partial charge in [0.1, 0.15) is 11.6 Å². The van der Waals surface area contributed by atoms with Crippen molar-refractivity contribution >= 4 is 17.8 Å². The molecule has 4 amide bonds. The molecule has 17 heavy (non-hydrogen) atoms. The fourth-order valence-electron chi connectivity index (χ4n) is 1.79. The molecule has 1 aliphatic heterocycles. The Morgan fingerprint density at radius 2 is 2.12 bits per heavy atom. The Balaban J connectivity index is 2.80. The monoisotopic (exact) mass is 242 g/mol. The van der Waals surface area contributed by atoms with Crippen molar-refractivity contribution in [2.24, 2.45) is 5.73 Å². The molecule has 7 nitrogen and oxygen atoms in total. The molecule has 1 atom stereocenters. The number of amides is 4. The Morgan fingerprint density at radius 1 is 1.53 bits per heavy atom. The summed E-state index contributed by atoms with van der Waals surface area (Å²) in [6.07, 6.45) is 0. The second-order valence-electron chi connectivity index (χ2n) is 4.54. The summed E-state index contributed by atoms with van der Waals surface area (Å²) in [5.41, 5.74) is 4.04. The van der Waals surface area contributed by atoms with Gasteiger partial charge in [-0.15, -0.1) is 0 Å². The van der Waals surface area contributed by atoms with E-state index in [1.165, 1.54) is 11.8 Å². The van der Waals surface area contributed by atoms with Crippen molar-refractivity contribution in [1.29, 1.82) is 0 Å². The lowest BCUT2D eigenvalue weighted by Gasteiger charge is -2.42. The third-order valence-corrected chi connectivity index (χ3v) is 2.85. The van der Waals surface area contributed by atoms with Crippen LogP contribution in [0.4, 0.5) is 4.79 Å². The summed E-state index contributed by atoms with van der Waals surface area (Å²) in [5.74, 6) is -0.521. The van der Waals surface area contributed by atoms with Crippen LogP contribution in [-0.2, 0) is 9.59 Å². The van der Waals surface area contributed by atoms with E-state index in [1.54, 1.807) is 13.8 Å². The van der Waals surface area contributed by atoms with E-state index in [9.17, 15) is 14.4 Å². The van der Waals surface area contributed by atoms with Crippen molar-refractivity contribution in [3.05, 3.63) is 0 Å². The zero-order chi connectivity index (χ0) is 13.2. The summed E-state index contributed by atoms with van der Waals surface area (Å²) in [6, 6.07) is -1.50. The van der Waals surface area contributed by atoms with E-state index in [1.807, 2.05) is 0 Å². The summed E-state index contributed by atoms with van der Waals surface area (Å²) in [5, 5.41) is 5.00. The molecule has 1 heterocycles. The van der Waals surface area contributed by atoms with Gasteiger partial charge in [0.2, 0.25) is 11.8 Å². The maximum absolute atomic E-state index is 12.1. The lowest BCUT2D eigenvalue weighted by Crippen LogP contribution is -2.66. The largest absolute Gasteiger partial charge is 0.352 e. The van der Waals surface area contributed by atoms with E-state index >= 15 is 0 Å². The highest BCUT2D eigenvalue weighted by atomic mass is 16.2. The first kappa shape index (κ1) is 13.3. The first-order chi connectivity index (χ1) is 7.76. The number of piperazine rings is 1. The molecule has 0 saturated carbocycles. The van der Waals surface area contributed by atoms with Crippen LogP contribution >= 0.6 is 0 Å². The van der Waals surface area contributed by atoms with Gasteiger partial charge in [0, 0.05) is 13.1 Å². The summed E-state index contributed by atoms with van der Waals surface area (Å²) in [4.78, 5) is 35.9. The number of nitrogens with two attached hydrogens (primary N) is 1. The fourth-order valence-corrected chi connectivity index (χ4v) is 1.79. The van der Waals surface area contributed by atoms with Crippen LogP contribution in [0.2, 0.25) is 0 Å². The van der Waals surface area contributed by atoms with Crippen molar-refractivity contribution in [3.63, 3.8) is 0 Å². The number of rotatable bonds is 2. The lowest BCUT2D eigenvalue weighted by molar-refractivity contribution is -0.150. The van der Waals surface area contributed by atoms with Gasteiger partial charge in [-0.2, -0.15) is 0 Å². The fraction of sp³-hybridized carbons (Fsp3) is 0.700. The standard InChI is InChI=1S/C10H18N4O3/c1-6(13-9(11)17)7(15)14-5-4-12-8(16)10(14,2)3/h6H,4-5H2,1-3H3,(H,12,16)(H3,11,13,17). The smallest absolute Gasteiger partial charge is 0.312 e. The number of hydrogen-bond acceptors (Lipinski definition) is 3. The lowest BCUT2D eigenvalue weighted by atomic mass is 9.98. The Kier molecular flexibility index (Phi) is 3.59. The molecular weight excluding hydrogens is 224 g/mol. The molecule has 1 saturated heterocycles. The number of hydrogen-bond donors (Lipinski definition) is 3. The van der Waals surface area contributed by atoms with Crippen LogP contribution in [0.15, 0.2) is 0 Å². The molecule has 0 aromatic rings. The molecule has 1 aliphatic rings. The Morgan fingerprint density at radius 3 is 2.65 bits per heavy atom. The number of urea groups is 1. The number of nitrogens with one attached hydrogen (secondary N) is 2. The van der Waals surface area contributed by atoms with Crippen LogP contribution in [0.1, 0.15) is 20.8 Å². The molecule has 0 aliphatic carbocycles. The van der Waals surface area contributed by atoms with E-state index in [-0.39, 0.29) is 11.8 Å². The average Bonchev–Trinajstić information content (AvgIpc) is 2.20. The minimum absolute atomic E-state index is 0.205. The molecule has 96 valence electrons. The van der Waals surface area contributed by atoms with Gasteiger partial charge in [-0.1, -0.05) is 0 Å². The van der Waals surface area contributed by atoms with Gasteiger partial charge >= 0.3 is 6.03 Å². The van der Waals surface area contributed by atoms with Gasteiger partial charge in [0.15, 0.2) is 0 Å². The van der Waals surface area contributed by atoms with Crippen LogP contribution in [0.3, 0.4) is 0 Å². The normalized spacial score (nSPS) is 20.4. The molecule has 1 unspecified atom stereocenters. The first-order valence-corrected chi connectivity index (χ1v) is 5.42. The highest BCUT2D eigenvalue weighted by molar-refractivity contribution is 5.94. The molecule has 0 aromatic heterocycles. The van der Waals surface area contributed by atoms with E-state index in [0.717, 1.165) is 0 Å². The Bertz CT molecular complexity index is 353. The molecule has 0 aromatic carbocycles. The third-order valence-electron chi connectivity index (χ3n) is 2.85. The Hall–Kier alpha value is -1.79. The van der Waals surface area contributed by atoms with Gasteiger partial charge in [-0.25, -0.2) is 4.79 Å². The van der Waals surface area contributed by atoms with E-state index in [0.29, 0.717) is 13.1 Å². The van der Waals surface area contributed by atoms with Gasteiger partial charge in [0.05, 0.1) is 0 Å². The average molecular weight is 242 g/mol. The summed E-state index contributed by atoms with van der Waals surface area (Å²) >= 11 is 0. The number of carbonyl (C=O) groups is 3. The third kappa shape index (κ3) is 2.66. The number of primary amides is 1. The minimum atomic E-state index is -0.914. The van der Waals surface area contributed by atoms with Gasteiger partial charge < -0.3 is 21.3 Å². The van der Waals surface area contributed by atoms with Crippen molar-refractivity contribution in [1.82, 2.24) is 15.5 Å². The summed E-state index contributed by atoms with van der Waals surface area (Å²) in [7, 11) is 0. The summed E-state index contributed by atoms with van der Waals surface area (Å²) in [6.45, 7) is 5.70. The van der Waals surface area contributed by atoms with Crippen molar-refractivity contribution < 1.29 is 14.4 Å². The highest BCUT2D eigenvalue weighted by Crippen LogP contribution is 2.18. The van der Waals surface area contributed by atoms with E-state index < -0.39 is 17.6 Å². The summed E-state index contributed by atoms with van der Waals surface area (Å²) < 4.78 is 0. The number of carbonyl (C=O) groups excluding carboxylic acids is 3. The minimum Gasteiger partial charge on any atom is -0.352 e. The maximum atomic E-state index is 12.1. The van der Waals surface area contributed by atoms with Crippen LogP contribution in [-0.4, -0.2) is 47.4 Å². The predicted octanol–water partition coefficient (Wildman–Crippen LogP) is -1.22. The van der Waals surface area contributed by atoms with Crippen LogP contribution in [0.25, 0.3) is 0 Å². The number of nitrogens with zero attached hydrogens (tertiary/aromatic N) is 1. The quantitative estimate of drug-likeness (QED) is 0.565. The molecule has 0 radical (unpaired) electrons. The Labute approximate surface area is 99.7 Å². The van der Waals surface area contributed by atoms with Crippen molar-refractivity contribution in [3.8, 4) is 0 Å². The highest BCUT2D eigenvalue weighted by Gasteiger charge is 2.41. The van der Waals surface area contributed by atoms with Crippen molar-refractivity contribution in [2.45, 2.75) is 32.4 Å². The van der Waals surface area contributed by atoms with Gasteiger partial charge in [-0.3, -0.25) is 9.59 Å². The zero-order valence-electron chi connectivity index (χ0n) is 10.2. The second kappa shape index (κ2) is 4.60. The second-order valence-corrected chi connectivity index (χ2v) is 4.54. The first-order valence-electron chi connectivity index (χ1n) is 5.42. The molecule has 0 bridgehead atoms. The molecule has 0 spiro atoms. The van der Waals surface area contributed by atoms with E-state index in [2.05, 4.69) is 10.6 Å². The van der Waals surface area contributed by atoms with Gasteiger partial charge in [-0.05, 0) is 20.8 Å². The van der Waals surface area contributed by atoms with E-state index in [4.69, 9.17) is 5.73 Å². The maximum Gasteiger partial charge on any atom is 0.312 e. The molecule has 1 fully saturated rings. The van der Waals surface area contributed by atoms with Crippen molar-refractivity contribution in [2.75, 3.05) is 13.1 Å². The molecule has 7 heteroatoms. The van der Waals surface area contributed by atoms with Crippen LogP contribution in [0, 0.1) is 0 Å². The molecule has 1 rings (SSSR count). The molecule has 4 N–H and O–H groups in total. The van der Waals surface area contributed by atoms with Gasteiger partial charge in [0.25, 0.3) is 0 Å². The zero-order valence-corrected chi connectivity index (χ0v) is 10.2. The van der Waals surface area contributed by atoms with Crippen LogP contribution < -0.4 is 16.4 Å². The molecular formula is C10H18N4O3. The topological polar surface area (TPSA) is 105 Å². The van der Waals surface area contributed by atoms with Crippen LogP contribution in [0.5, 0.6) is 0 Å². The SMILES string of the molecule is CC(NC(N)=O)C(=O)N1CCNC(=O)C1(C)C.